The van der Waals surface area contributed by atoms with E-state index in [0.29, 0.717) is 0 Å². The Hall–Kier alpha value is -0.870. The molecule has 1 heterocycles. The van der Waals surface area contributed by atoms with Gasteiger partial charge in [-0.05, 0) is 35.4 Å². The van der Waals surface area contributed by atoms with Gasteiger partial charge in [0.25, 0.3) is 0 Å². The van der Waals surface area contributed by atoms with Gasteiger partial charge in [0.05, 0.1) is 5.84 Å². The molecule has 0 bridgehead atoms. The molecule has 0 aliphatic carbocycles. The summed E-state index contributed by atoms with van der Waals surface area (Å²) in [6.45, 7) is 7.11. The first-order chi connectivity index (χ1) is 7.63. The first-order valence-electron chi connectivity index (χ1n) is 5.70. The van der Waals surface area contributed by atoms with E-state index in [4.69, 9.17) is 11.1 Å². The summed E-state index contributed by atoms with van der Waals surface area (Å²) in [6, 6.07) is 2.17. The van der Waals surface area contributed by atoms with Gasteiger partial charge in [-0.3, -0.25) is 5.41 Å². The van der Waals surface area contributed by atoms with Crippen molar-refractivity contribution in [2.24, 2.45) is 11.7 Å². The highest BCUT2D eigenvalue weighted by atomic mass is 32.1. The minimum Gasteiger partial charge on any atom is -0.387 e. The maximum atomic E-state index is 7.39. The fraction of sp³-hybridized carbons (Fsp3) is 0.583. The quantitative estimate of drug-likeness (QED) is 0.566. The number of nitrogens with one attached hydrogen (secondary N) is 1. The average molecular weight is 239 g/mol. The zero-order chi connectivity index (χ0) is 12.0. The normalized spacial score (nSPS) is 12.9. The van der Waals surface area contributed by atoms with Crippen molar-refractivity contribution in [3.05, 3.63) is 22.4 Å². The van der Waals surface area contributed by atoms with Crippen molar-refractivity contribution in [1.82, 2.24) is 4.90 Å². The average Bonchev–Trinajstić information content (AvgIpc) is 2.76. The molecule has 1 aromatic rings. The van der Waals surface area contributed by atoms with Crippen LogP contribution in [0.25, 0.3) is 0 Å². The predicted octanol–water partition coefficient (Wildman–Crippen LogP) is 2.18. The Morgan fingerprint density at radius 3 is 2.88 bits per heavy atom. The Balaban J connectivity index is 2.34. The molecule has 0 aromatic carbocycles. The zero-order valence-corrected chi connectivity index (χ0v) is 10.9. The summed E-state index contributed by atoms with van der Waals surface area (Å²) in [5, 5.41) is 11.7. The first-order valence-corrected chi connectivity index (χ1v) is 6.65. The SMILES string of the molecule is CCN(CCc1ccsc1)CC(C)C(=N)N. The molecule has 4 heteroatoms. The first kappa shape index (κ1) is 13.2. The molecule has 0 saturated carbocycles. The van der Waals surface area contributed by atoms with E-state index in [0.717, 1.165) is 26.1 Å². The fourth-order valence-corrected chi connectivity index (χ4v) is 2.29. The summed E-state index contributed by atoms with van der Waals surface area (Å²) in [4.78, 5) is 2.35. The Labute approximate surface area is 102 Å². The highest BCUT2D eigenvalue weighted by molar-refractivity contribution is 7.07. The molecule has 1 aromatic heterocycles. The Morgan fingerprint density at radius 2 is 2.38 bits per heavy atom. The molecule has 16 heavy (non-hydrogen) atoms. The van der Waals surface area contributed by atoms with Crippen molar-refractivity contribution in [1.29, 1.82) is 5.41 Å². The highest BCUT2D eigenvalue weighted by Crippen LogP contribution is 2.08. The second-order valence-corrected chi connectivity index (χ2v) is 4.91. The molecule has 0 amide bonds. The molecule has 0 aliphatic heterocycles. The summed E-state index contributed by atoms with van der Waals surface area (Å²) in [6.07, 6.45) is 1.09. The lowest BCUT2D eigenvalue weighted by molar-refractivity contribution is 0.274. The second-order valence-electron chi connectivity index (χ2n) is 4.13. The van der Waals surface area contributed by atoms with Gasteiger partial charge < -0.3 is 10.6 Å². The molecule has 1 atom stereocenters. The van der Waals surface area contributed by atoms with Crippen molar-refractivity contribution in [2.75, 3.05) is 19.6 Å². The van der Waals surface area contributed by atoms with Gasteiger partial charge in [-0.15, -0.1) is 0 Å². The lowest BCUT2D eigenvalue weighted by Crippen LogP contribution is -2.35. The van der Waals surface area contributed by atoms with Crippen LogP contribution in [0.4, 0.5) is 0 Å². The maximum Gasteiger partial charge on any atom is 0.0947 e. The molecule has 0 radical (unpaired) electrons. The number of likely N-dealkylation sites (N-methyl/N-ethyl adjacent to an activating group) is 1. The molecular weight excluding hydrogens is 218 g/mol. The number of amidine groups is 1. The zero-order valence-electron chi connectivity index (χ0n) is 10.1. The lowest BCUT2D eigenvalue weighted by atomic mass is 10.1. The summed E-state index contributed by atoms with van der Waals surface area (Å²) < 4.78 is 0. The minimum absolute atomic E-state index is 0.155. The van der Waals surface area contributed by atoms with Crippen molar-refractivity contribution in [3.8, 4) is 0 Å². The maximum absolute atomic E-state index is 7.39. The molecule has 3 nitrogen and oxygen atoms in total. The number of hydrogen-bond acceptors (Lipinski definition) is 3. The largest absolute Gasteiger partial charge is 0.387 e. The monoisotopic (exact) mass is 239 g/mol. The van der Waals surface area contributed by atoms with Crippen molar-refractivity contribution >= 4 is 17.2 Å². The minimum atomic E-state index is 0.155. The van der Waals surface area contributed by atoms with Crippen LogP contribution in [0.5, 0.6) is 0 Å². The van der Waals surface area contributed by atoms with Gasteiger partial charge in [0.2, 0.25) is 0 Å². The highest BCUT2D eigenvalue weighted by Gasteiger charge is 2.10. The Kier molecular flexibility index (Phi) is 5.49. The Bertz CT molecular complexity index is 308. The van der Waals surface area contributed by atoms with E-state index in [1.54, 1.807) is 11.3 Å². The van der Waals surface area contributed by atoms with Crippen LogP contribution in [0, 0.1) is 11.3 Å². The summed E-state index contributed by atoms with van der Waals surface area (Å²) >= 11 is 1.75. The third kappa shape index (κ3) is 4.33. The second kappa shape index (κ2) is 6.66. The summed E-state index contributed by atoms with van der Waals surface area (Å²) in [5.41, 5.74) is 6.89. The van der Waals surface area contributed by atoms with Crippen LogP contribution in [0.15, 0.2) is 16.8 Å². The molecule has 1 unspecified atom stereocenters. The van der Waals surface area contributed by atoms with Gasteiger partial charge in [0.15, 0.2) is 0 Å². The van der Waals surface area contributed by atoms with Gasteiger partial charge in [-0.1, -0.05) is 13.8 Å². The molecule has 0 saturated heterocycles. The molecule has 0 fully saturated rings. The smallest absolute Gasteiger partial charge is 0.0947 e. The van der Waals surface area contributed by atoms with E-state index in [1.807, 2.05) is 6.92 Å². The van der Waals surface area contributed by atoms with Gasteiger partial charge in [0.1, 0.15) is 0 Å². The summed E-state index contributed by atoms with van der Waals surface area (Å²) in [7, 11) is 0. The number of hydrogen-bond donors (Lipinski definition) is 2. The standard InChI is InChI=1S/C12H21N3S/c1-3-15(8-10(2)12(13)14)6-4-11-5-7-16-9-11/h5,7,9-10H,3-4,6,8H2,1-2H3,(H3,13,14). The van der Waals surface area contributed by atoms with Gasteiger partial charge >= 0.3 is 0 Å². The van der Waals surface area contributed by atoms with Gasteiger partial charge in [-0.25, -0.2) is 0 Å². The van der Waals surface area contributed by atoms with Gasteiger partial charge in [-0.2, -0.15) is 11.3 Å². The molecule has 3 N–H and O–H groups in total. The van der Waals surface area contributed by atoms with Crippen molar-refractivity contribution < 1.29 is 0 Å². The third-order valence-corrected chi connectivity index (χ3v) is 3.54. The van der Waals surface area contributed by atoms with E-state index >= 15 is 0 Å². The number of nitrogens with two attached hydrogens (primary N) is 1. The molecular formula is C12H21N3S. The van der Waals surface area contributed by atoms with E-state index < -0.39 is 0 Å². The van der Waals surface area contributed by atoms with Crippen LogP contribution in [-0.2, 0) is 6.42 Å². The fourth-order valence-electron chi connectivity index (χ4n) is 1.59. The number of thiophene rings is 1. The predicted molar refractivity (Wildman–Crippen MR) is 71.2 cm³/mol. The van der Waals surface area contributed by atoms with Crippen molar-refractivity contribution in [2.45, 2.75) is 20.3 Å². The Morgan fingerprint density at radius 1 is 1.62 bits per heavy atom. The topological polar surface area (TPSA) is 53.1 Å². The molecule has 1 rings (SSSR count). The molecule has 0 aliphatic rings. The lowest BCUT2D eigenvalue weighted by Gasteiger charge is -2.23. The van der Waals surface area contributed by atoms with Crippen LogP contribution in [0.1, 0.15) is 19.4 Å². The number of rotatable bonds is 7. The van der Waals surface area contributed by atoms with Gasteiger partial charge in [0, 0.05) is 19.0 Å². The van der Waals surface area contributed by atoms with Crippen LogP contribution < -0.4 is 5.73 Å². The number of nitrogens with zero attached hydrogens (tertiary/aromatic N) is 1. The molecule has 0 spiro atoms. The van der Waals surface area contributed by atoms with E-state index in [9.17, 15) is 0 Å². The van der Waals surface area contributed by atoms with E-state index in [1.165, 1.54) is 5.56 Å². The summed E-state index contributed by atoms with van der Waals surface area (Å²) in [5.74, 6) is 0.441. The van der Waals surface area contributed by atoms with Crippen LogP contribution in [0.2, 0.25) is 0 Å². The van der Waals surface area contributed by atoms with Crippen LogP contribution >= 0.6 is 11.3 Å². The third-order valence-electron chi connectivity index (χ3n) is 2.81. The van der Waals surface area contributed by atoms with Crippen LogP contribution in [-0.4, -0.2) is 30.4 Å². The van der Waals surface area contributed by atoms with Crippen molar-refractivity contribution in [3.63, 3.8) is 0 Å². The van der Waals surface area contributed by atoms with E-state index in [-0.39, 0.29) is 11.8 Å². The van der Waals surface area contributed by atoms with E-state index in [2.05, 4.69) is 28.7 Å². The van der Waals surface area contributed by atoms with Crippen LogP contribution in [0.3, 0.4) is 0 Å². The molecule has 90 valence electrons.